The Hall–Kier alpha value is -1.60. The zero-order valence-electron chi connectivity index (χ0n) is 10.2. The van der Waals surface area contributed by atoms with Crippen LogP contribution in [0.3, 0.4) is 0 Å². The maximum Gasteiger partial charge on any atom is 0.142 e. The summed E-state index contributed by atoms with van der Waals surface area (Å²) >= 11 is 0. The quantitative estimate of drug-likeness (QED) is 0.810. The molecular weight excluding hydrogens is 212 g/mol. The Morgan fingerprint density at radius 3 is 3.06 bits per heavy atom. The zero-order chi connectivity index (χ0) is 12.1. The Balaban J connectivity index is 1.79. The van der Waals surface area contributed by atoms with Gasteiger partial charge < -0.3 is 5.32 Å². The van der Waals surface area contributed by atoms with Crippen molar-refractivity contribution >= 4 is 5.69 Å². The molecule has 4 heteroatoms. The maximum absolute atomic E-state index is 8.75. The predicted molar refractivity (Wildman–Crippen MR) is 67.7 cm³/mol. The third-order valence-corrected chi connectivity index (χ3v) is 3.07. The van der Waals surface area contributed by atoms with Crippen LogP contribution in [0.5, 0.6) is 0 Å². The molecule has 1 aliphatic rings. The molecule has 1 fully saturated rings. The Labute approximate surface area is 102 Å². The summed E-state index contributed by atoms with van der Waals surface area (Å²) < 4.78 is 0. The second-order valence-electron chi connectivity index (χ2n) is 4.33. The van der Waals surface area contributed by atoms with E-state index in [4.69, 9.17) is 5.26 Å². The van der Waals surface area contributed by atoms with Gasteiger partial charge in [-0.25, -0.2) is 4.98 Å². The minimum absolute atomic E-state index is 0.463. The molecule has 0 amide bonds. The van der Waals surface area contributed by atoms with Gasteiger partial charge in [-0.15, -0.1) is 0 Å². The summed E-state index contributed by atoms with van der Waals surface area (Å²) in [7, 11) is 0. The van der Waals surface area contributed by atoms with E-state index in [9.17, 15) is 0 Å². The highest BCUT2D eigenvalue weighted by Gasteiger charge is 2.26. The molecule has 0 saturated heterocycles. The summed E-state index contributed by atoms with van der Waals surface area (Å²) in [6.07, 6.45) is 4.36. The highest BCUT2D eigenvalue weighted by Crippen LogP contribution is 2.25. The fraction of sp³-hybridized carbons (Fsp3) is 0.538. The van der Waals surface area contributed by atoms with Crippen LogP contribution in [0, 0.1) is 11.3 Å². The van der Waals surface area contributed by atoms with Gasteiger partial charge >= 0.3 is 0 Å². The van der Waals surface area contributed by atoms with Crippen molar-refractivity contribution in [1.29, 1.82) is 5.26 Å². The molecule has 1 saturated carbocycles. The lowest BCUT2D eigenvalue weighted by Gasteiger charge is -2.20. The topological polar surface area (TPSA) is 52.0 Å². The molecule has 1 aromatic rings. The largest absolute Gasteiger partial charge is 0.384 e. The van der Waals surface area contributed by atoms with Crippen LogP contribution in [-0.4, -0.2) is 35.6 Å². The molecule has 1 heterocycles. The van der Waals surface area contributed by atoms with Crippen molar-refractivity contribution in [3.8, 4) is 6.07 Å². The molecule has 0 aliphatic heterocycles. The fourth-order valence-corrected chi connectivity index (χ4v) is 1.98. The van der Waals surface area contributed by atoms with Gasteiger partial charge in [0.15, 0.2) is 0 Å². The molecule has 4 nitrogen and oxygen atoms in total. The van der Waals surface area contributed by atoms with Crippen LogP contribution in [0.4, 0.5) is 5.69 Å². The summed E-state index contributed by atoms with van der Waals surface area (Å²) in [5.74, 6) is 0. The number of pyridine rings is 1. The lowest BCUT2D eigenvalue weighted by molar-refractivity contribution is 0.289. The molecular formula is C13H18N4. The lowest BCUT2D eigenvalue weighted by atomic mass is 10.3. The van der Waals surface area contributed by atoms with Gasteiger partial charge in [-0.05, 0) is 31.5 Å². The minimum Gasteiger partial charge on any atom is -0.384 e. The van der Waals surface area contributed by atoms with Crippen LogP contribution in [-0.2, 0) is 0 Å². The Kier molecular flexibility index (Phi) is 3.94. The summed E-state index contributed by atoms with van der Waals surface area (Å²) in [4.78, 5) is 6.44. The molecule has 2 rings (SSSR count). The number of nitrogens with zero attached hydrogens (tertiary/aromatic N) is 3. The first-order valence-corrected chi connectivity index (χ1v) is 6.17. The predicted octanol–water partition coefficient (Wildman–Crippen LogP) is 1.85. The lowest BCUT2D eigenvalue weighted by Crippen LogP contribution is -2.30. The molecule has 17 heavy (non-hydrogen) atoms. The molecule has 0 bridgehead atoms. The summed E-state index contributed by atoms with van der Waals surface area (Å²) in [6, 6.07) is 6.54. The van der Waals surface area contributed by atoms with Gasteiger partial charge in [0.1, 0.15) is 11.8 Å². The zero-order valence-corrected chi connectivity index (χ0v) is 10.2. The van der Waals surface area contributed by atoms with E-state index < -0.39 is 0 Å². The minimum atomic E-state index is 0.463. The number of nitrogens with one attached hydrogen (secondary N) is 1. The third-order valence-electron chi connectivity index (χ3n) is 3.07. The van der Waals surface area contributed by atoms with E-state index in [-0.39, 0.29) is 0 Å². The van der Waals surface area contributed by atoms with E-state index in [0.29, 0.717) is 5.69 Å². The van der Waals surface area contributed by atoms with Gasteiger partial charge in [-0.3, -0.25) is 4.90 Å². The normalized spacial score (nSPS) is 14.6. The molecule has 0 atom stereocenters. The molecule has 0 aromatic carbocycles. The third kappa shape index (κ3) is 3.43. The Bertz CT molecular complexity index is 406. The van der Waals surface area contributed by atoms with Gasteiger partial charge in [0, 0.05) is 31.0 Å². The van der Waals surface area contributed by atoms with E-state index in [1.54, 1.807) is 12.3 Å². The van der Waals surface area contributed by atoms with Crippen molar-refractivity contribution < 1.29 is 0 Å². The van der Waals surface area contributed by atoms with Crippen molar-refractivity contribution in [2.45, 2.75) is 25.8 Å². The number of aromatic nitrogens is 1. The van der Waals surface area contributed by atoms with Crippen LogP contribution in [0.2, 0.25) is 0 Å². The van der Waals surface area contributed by atoms with E-state index in [1.807, 2.05) is 12.1 Å². The molecule has 1 N–H and O–H groups in total. The number of hydrogen-bond acceptors (Lipinski definition) is 4. The standard InChI is InChI=1S/C13H18N4/c1-2-17(13-3-4-13)8-7-16-11-5-6-15-12(9-11)10-14/h5-6,9,13H,2-4,7-8H2,1H3,(H,15,16). The van der Waals surface area contributed by atoms with Gasteiger partial charge in [0.05, 0.1) is 0 Å². The first-order valence-electron chi connectivity index (χ1n) is 6.17. The van der Waals surface area contributed by atoms with E-state index in [1.165, 1.54) is 12.8 Å². The van der Waals surface area contributed by atoms with Crippen molar-refractivity contribution in [1.82, 2.24) is 9.88 Å². The molecule has 1 aromatic heterocycles. The Morgan fingerprint density at radius 1 is 1.59 bits per heavy atom. The second kappa shape index (κ2) is 5.65. The van der Waals surface area contributed by atoms with Crippen LogP contribution in [0.15, 0.2) is 18.3 Å². The number of anilines is 1. The Morgan fingerprint density at radius 2 is 2.41 bits per heavy atom. The maximum atomic E-state index is 8.75. The highest BCUT2D eigenvalue weighted by atomic mass is 15.2. The number of likely N-dealkylation sites (N-methyl/N-ethyl adjacent to an activating group) is 1. The number of nitriles is 1. The molecule has 0 radical (unpaired) electrons. The summed E-state index contributed by atoms with van der Waals surface area (Å²) in [6.45, 7) is 5.30. The smallest absolute Gasteiger partial charge is 0.142 e. The van der Waals surface area contributed by atoms with Gasteiger partial charge in [-0.1, -0.05) is 6.92 Å². The van der Waals surface area contributed by atoms with E-state index in [2.05, 4.69) is 22.1 Å². The highest BCUT2D eigenvalue weighted by molar-refractivity contribution is 5.45. The fourth-order valence-electron chi connectivity index (χ4n) is 1.98. The first kappa shape index (κ1) is 11.9. The van der Waals surface area contributed by atoms with Crippen LogP contribution in [0.1, 0.15) is 25.5 Å². The van der Waals surface area contributed by atoms with Gasteiger partial charge in [-0.2, -0.15) is 5.26 Å². The number of rotatable bonds is 6. The average molecular weight is 230 g/mol. The second-order valence-corrected chi connectivity index (χ2v) is 4.33. The molecule has 1 aliphatic carbocycles. The van der Waals surface area contributed by atoms with E-state index in [0.717, 1.165) is 31.4 Å². The molecule has 0 spiro atoms. The van der Waals surface area contributed by atoms with Gasteiger partial charge in [0.25, 0.3) is 0 Å². The van der Waals surface area contributed by atoms with Crippen LogP contribution in [0.25, 0.3) is 0 Å². The van der Waals surface area contributed by atoms with E-state index >= 15 is 0 Å². The first-order chi connectivity index (χ1) is 8.33. The SMILES string of the molecule is CCN(CCNc1ccnc(C#N)c1)C1CC1. The van der Waals surface area contributed by atoms with Crippen molar-refractivity contribution in [3.63, 3.8) is 0 Å². The number of hydrogen-bond donors (Lipinski definition) is 1. The monoisotopic (exact) mass is 230 g/mol. The summed E-state index contributed by atoms with van der Waals surface area (Å²) in [5, 5.41) is 12.1. The molecule has 0 unspecified atom stereocenters. The van der Waals surface area contributed by atoms with Crippen LogP contribution < -0.4 is 5.32 Å². The van der Waals surface area contributed by atoms with Crippen LogP contribution >= 0.6 is 0 Å². The summed E-state index contributed by atoms with van der Waals surface area (Å²) in [5.41, 5.74) is 1.44. The van der Waals surface area contributed by atoms with Gasteiger partial charge in [0.2, 0.25) is 0 Å². The molecule has 90 valence electrons. The van der Waals surface area contributed by atoms with Crippen molar-refractivity contribution in [2.24, 2.45) is 0 Å². The van der Waals surface area contributed by atoms with Crippen molar-refractivity contribution in [3.05, 3.63) is 24.0 Å². The van der Waals surface area contributed by atoms with Crippen molar-refractivity contribution in [2.75, 3.05) is 25.0 Å². The average Bonchev–Trinajstić information content (AvgIpc) is 3.19.